The summed E-state index contributed by atoms with van der Waals surface area (Å²) >= 11 is 0. The zero-order valence-corrected chi connectivity index (χ0v) is 12.7. The van der Waals surface area contributed by atoms with Crippen molar-refractivity contribution in [2.45, 2.75) is 12.3 Å². The molecule has 2 aromatic carbocycles. The van der Waals surface area contributed by atoms with Crippen molar-refractivity contribution in [3.8, 4) is 11.1 Å². The van der Waals surface area contributed by atoms with Gasteiger partial charge in [0.05, 0.1) is 19.6 Å². The Bertz CT molecular complexity index is 619. The highest BCUT2D eigenvalue weighted by atomic mass is 16.5. The molecule has 1 aliphatic rings. The predicted octanol–water partition coefficient (Wildman–Crippen LogP) is 3.65. The fraction of sp³-hybridized carbons (Fsp3) is 0.316. The van der Waals surface area contributed by atoms with Crippen LogP contribution in [0.3, 0.4) is 0 Å². The molecule has 0 radical (unpaired) electrons. The molecule has 2 unspecified atom stereocenters. The third-order valence-corrected chi connectivity index (χ3v) is 4.31. The second kappa shape index (κ2) is 6.75. The molecule has 114 valence electrons. The molecule has 1 fully saturated rings. The number of rotatable bonds is 3. The van der Waals surface area contributed by atoms with Crippen molar-refractivity contribution < 1.29 is 14.3 Å². The summed E-state index contributed by atoms with van der Waals surface area (Å²) in [6, 6.07) is 18.8. The van der Waals surface area contributed by atoms with Gasteiger partial charge in [-0.05, 0) is 23.1 Å². The van der Waals surface area contributed by atoms with E-state index in [1.807, 2.05) is 18.2 Å². The summed E-state index contributed by atoms with van der Waals surface area (Å²) in [7, 11) is 1.44. The minimum absolute atomic E-state index is 0.172. The normalized spacial score (nSPS) is 21.3. The second-order valence-electron chi connectivity index (χ2n) is 5.59. The summed E-state index contributed by atoms with van der Waals surface area (Å²) in [6.45, 7) is 1.14. The van der Waals surface area contributed by atoms with Gasteiger partial charge in [-0.3, -0.25) is 4.79 Å². The summed E-state index contributed by atoms with van der Waals surface area (Å²) in [5.74, 6) is -0.218. The first-order chi connectivity index (χ1) is 10.8. The Morgan fingerprint density at radius 1 is 1.05 bits per heavy atom. The topological polar surface area (TPSA) is 35.5 Å². The Morgan fingerprint density at radius 3 is 2.41 bits per heavy atom. The minimum Gasteiger partial charge on any atom is -0.469 e. The fourth-order valence-electron chi connectivity index (χ4n) is 3.07. The number of methoxy groups -OCH3 is 1. The molecule has 3 nitrogen and oxygen atoms in total. The molecule has 2 atom stereocenters. The first-order valence-electron chi connectivity index (χ1n) is 7.60. The van der Waals surface area contributed by atoms with Crippen LogP contribution in [0.25, 0.3) is 11.1 Å². The lowest BCUT2D eigenvalue weighted by molar-refractivity contribution is -0.150. The lowest BCUT2D eigenvalue weighted by Gasteiger charge is -2.30. The molecule has 22 heavy (non-hydrogen) atoms. The highest BCUT2D eigenvalue weighted by molar-refractivity contribution is 5.74. The zero-order chi connectivity index (χ0) is 15.4. The van der Waals surface area contributed by atoms with Crippen molar-refractivity contribution in [1.82, 2.24) is 0 Å². The largest absolute Gasteiger partial charge is 0.469 e. The lowest BCUT2D eigenvalue weighted by atomic mass is 9.82. The Kier molecular flexibility index (Phi) is 4.54. The van der Waals surface area contributed by atoms with E-state index in [0.29, 0.717) is 13.2 Å². The highest BCUT2D eigenvalue weighted by Gasteiger charge is 2.33. The number of carbonyl (C=O) groups excluding carboxylic acids is 1. The number of esters is 1. The summed E-state index contributed by atoms with van der Waals surface area (Å²) in [4.78, 5) is 11.9. The molecule has 0 amide bonds. The zero-order valence-electron chi connectivity index (χ0n) is 12.7. The van der Waals surface area contributed by atoms with E-state index in [1.54, 1.807) is 0 Å². The van der Waals surface area contributed by atoms with E-state index in [4.69, 9.17) is 9.47 Å². The Morgan fingerprint density at radius 2 is 1.73 bits per heavy atom. The molecule has 0 spiro atoms. The van der Waals surface area contributed by atoms with E-state index >= 15 is 0 Å². The van der Waals surface area contributed by atoms with Crippen molar-refractivity contribution in [2.75, 3.05) is 20.3 Å². The van der Waals surface area contributed by atoms with Crippen LogP contribution in [0, 0.1) is 5.92 Å². The molecule has 0 aliphatic carbocycles. The maximum atomic E-state index is 11.9. The van der Waals surface area contributed by atoms with Gasteiger partial charge in [-0.15, -0.1) is 0 Å². The van der Waals surface area contributed by atoms with Crippen LogP contribution < -0.4 is 0 Å². The van der Waals surface area contributed by atoms with Crippen LogP contribution in [0.15, 0.2) is 54.6 Å². The van der Waals surface area contributed by atoms with E-state index in [2.05, 4.69) is 36.4 Å². The van der Waals surface area contributed by atoms with Crippen molar-refractivity contribution in [3.05, 3.63) is 60.2 Å². The molecule has 1 heterocycles. The van der Waals surface area contributed by atoms with Crippen molar-refractivity contribution in [2.24, 2.45) is 5.92 Å². The van der Waals surface area contributed by atoms with Gasteiger partial charge in [0.2, 0.25) is 0 Å². The van der Waals surface area contributed by atoms with Crippen LogP contribution in [0.5, 0.6) is 0 Å². The molecule has 0 N–H and O–H groups in total. The van der Waals surface area contributed by atoms with Crippen LogP contribution in [-0.2, 0) is 14.3 Å². The third-order valence-electron chi connectivity index (χ3n) is 4.31. The van der Waals surface area contributed by atoms with Crippen LogP contribution in [0.1, 0.15) is 17.9 Å². The Balaban J connectivity index is 1.83. The molecule has 0 bridgehead atoms. The van der Waals surface area contributed by atoms with Crippen LogP contribution in [0.4, 0.5) is 0 Å². The molecule has 3 heteroatoms. The minimum atomic E-state index is -0.207. The van der Waals surface area contributed by atoms with E-state index in [9.17, 15) is 4.79 Å². The molecular formula is C19H20O3. The van der Waals surface area contributed by atoms with Crippen molar-refractivity contribution in [1.29, 1.82) is 0 Å². The van der Waals surface area contributed by atoms with Gasteiger partial charge in [-0.25, -0.2) is 0 Å². The lowest BCUT2D eigenvalue weighted by Crippen LogP contribution is -2.33. The average molecular weight is 296 g/mol. The van der Waals surface area contributed by atoms with Crippen molar-refractivity contribution in [3.63, 3.8) is 0 Å². The van der Waals surface area contributed by atoms with Gasteiger partial charge in [-0.2, -0.15) is 0 Å². The third kappa shape index (κ3) is 3.04. The van der Waals surface area contributed by atoms with E-state index in [-0.39, 0.29) is 17.8 Å². The molecule has 2 aromatic rings. The molecule has 1 saturated heterocycles. The maximum absolute atomic E-state index is 11.9. The van der Waals surface area contributed by atoms with Crippen LogP contribution in [0.2, 0.25) is 0 Å². The monoisotopic (exact) mass is 296 g/mol. The molecule has 3 rings (SSSR count). The standard InChI is InChI=1S/C19H20O3/c1-21-19(20)18-13-22-12-11-17(18)16-9-7-15(8-10-16)14-5-3-2-4-6-14/h2-10,17-18H,11-13H2,1H3. The SMILES string of the molecule is COC(=O)C1COCCC1c1ccc(-c2ccccc2)cc1. The summed E-state index contributed by atoms with van der Waals surface area (Å²) in [5, 5.41) is 0. The van der Waals surface area contributed by atoms with Gasteiger partial charge < -0.3 is 9.47 Å². The Labute approximate surface area is 130 Å². The quantitative estimate of drug-likeness (QED) is 0.811. The molecule has 0 aromatic heterocycles. The summed E-state index contributed by atoms with van der Waals surface area (Å²) in [6.07, 6.45) is 0.852. The Hall–Kier alpha value is -2.13. The first kappa shape index (κ1) is 14.8. The van der Waals surface area contributed by atoms with E-state index in [1.165, 1.54) is 23.8 Å². The van der Waals surface area contributed by atoms with Gasteiger partial charge in [-0.1, -0.05) is 54.6 Å². The summed E-state index contributed by atoms with van der Waals surface area (Å²) in [5.41, 5.74) is 3.56. The van der Waals surface area contributed by atoms with Gasteiger partial charge in [0, 0.05) is 12.5 Å². The van der Waals surface area contributed by atoms with E-state index in [0.717, 1.165) is 6.42 Å². The number of ether oxygens (including phenoxy) is 2. The van der Waals surface area contributed by atoms with Crippen LogP contribution >= 0.6 is 0 Å². The smallest absolute Gasteiger partial charge is 0.311 e. The van der Waals surface area contributed by atoms with Crippen LogP contribution in [-0.4, -0.2) is 26.3 Å². The van der Waals surface area contributed by atoms with Gasteiger partial charge >= 0.3 is 5.97 Å². The van der Waals surface area contributed by atoms with Gasteiger partial charge in [0.1, 0.15) is 0 Å². The van der Waals surface area contributed by atoms with Crippen molar-refractivity contribution >= 4 is 5.97 Å². The first-order valence-corrected chi connectivity index (χ1v) is 7.60. The second-order valence-corrected chi connectivity index (χ2v) is 5.59. The molecular weight excluding hydrogens is 276 g/mol. The van der Waals surface area contributed by atoms with E-state index < -0.39 is 0 Å². The van der Waals surface area contributed by atoms with Gasteiger partial charge in [0.15, 0.2) is 0 Å². The number of hydrogen-bond donors (Lipinski definition) is 0. The number of hydrogen-bond acceptors (Lipinski definition) is 3. The predicted molar refractivity (Wildman–Crippen MR) is 85.6 cm³/mol. The fourth-order valence-corrected chi connectivity index (χ4v) is 3.07. The highest BCUT2D eigenvalue weighted by Crippen LogP contribution is 2.33. The average Bonchev–Trinajstić information content (AvgIpc) is 2.62. The molecule has 0 saturated carbocycles. The summed E-state index contributed by atoms with van der Waals surface area (Å²) < 4.78 is 10.4. The molecule has 1 aliphatic heterocycles. The number of carbonyl (C=O) groups is 1. The maximum Gasteiger partial charge on any atom is 0.311 e. The van der Waals surface area contributed by atoms with Gasteiger partial charge in [0.25, 0.3) is 0 Å². The number of benzene rings is 2.